The lowest BCUT2D eigenvalue weighted by Crippen LogP contribution is -2.48. The van der Waals surface area contributed by atoms with Gasteiger partial charge in [-0.05, 0) is 49.4 Å². The van der Waals surface area contributed by atoms with Gasteiger partial charge in [-0.25, -0.2) is 14.4 Å². The van der Waals surface area contributed by atoms with Gasteiger partial charge in [-0.1, -0.05) is 0 Å². The normalized spacial score (nSPS) is 18.5. The minimum Gasteiger partial charge on any atom is -0.491 e. The summed E-state index contributed by atoms with van der Waals surface area (Å²) in [5, 5.41) is 6.23. The Morgan fingerprint density at radius 1 is 1.20 bits per heavy atom. The number of hydrogen-bond acceptors (Lipinski definition) is 7. The number of benzene rings is 2. The average molecular weight is 410 g/mol. The first kappa shape index (κ1) is 19.7. The fraction of sp³-hybridized carbons (Fsp3) is 0.238. The smallest absolute Gasteiger partial charge is 0.204 e. The van der Waals surface area contributed by atoms with Gasteiger partial charge in [0.2, 0.25) is 5.79 Å². The van der Waals surface area contributed by atoms with E-state index in [2.05, 4.69) is 20.6 Å². The Balaban J connectivity index is 1.58. The van der Waals surface area contributed by atoms with Crippen LogP contribution in [0.4, 0.5) is 15.8 Å². The molecule has 2 heterocycles. The highest BCUT2D eigenvalue weighted by Gasteiger charge is 2.29. The number of imidazole rings is 1. The molecule has 4 rings (SSSR count). The molecule has 3 aromatic rings. The molecular formula is C21H23FN6O2. The first-order valence-corrected chi connectivity index (χ1v) is 9.44. The molecule has 0 saturated heterocycles. The second kappa shape index (κ2) is 8.03. The Hall–Kier alpha value is -3.59. The van der Waals surface area contributed by atoms with E-state index in [1.165, 1.54) is 12.5 Å². The molecule has 1 atom stereocenters. The molecule has 0 saturated carbocycles. The zero-order valence-corrected chi connectivity index (χ0v) is 16.7. The van der Waals surface area contributed by atoms with Gasteiger partial charge in [-0.2, -0.15) is 0 Å². The number of nitrogens with zero attached hydrogens (tertiary/aromatic N) is 3. The summed E-state index contributed by atoms with van der Waals surface area (Å²) in [6.07, 6.45) is 2.82. The van der Waals surface area contributed by atoms with Crippen LogP contribution in [0, 0.1) is 0 Å². The highest BCUT2D eigenvalue weighted by Crippen LogP contribution is 2.24. The fourth-order valence-corrected chi connectivity index (χ4v) is 3.15. The van der Waals surface area contributed by atoms with Gasteiger partial charge in [-0.15, -0.1) is 0 Å². The van der Waals surface area contributed by atoms with Crippen molar-refractivity contribution >= 4 is 28.2 Å². The van der Waals surface area contributed by atoms with Crippen LogP contribution in [-0.2, 0) is 4.74 Å². The molecule has 0 aliphatic carbocycles. The minimum atomic E-state index is -0.972. The van der Waals surface area contributed by atoms with Crippen molar-refractivity contribution in [2.75, 3.05) is 31.4 Å². The Bertz CT molecular complexity index is 1110. The van der Waals surface area contributed by atoms with Gasteiger partial charge in [0.05, 0.1) is 17.6 Å². The van der Waals surface area contributed by atoms with Gasteiger partial charge in [0, 0.05) is 24.7 Å². The summed E-state index contributed by atoms with van der Waals surface area (Å²) in [5.41, 5.74) is 8.64. The number of nitrogens with one attached hydrogen (secondary N) is 2. The number of nitrogens with two attached hydrogens (primary N) is 1. The Kier molecular flexibility index (Phi) is 5.28. The maximum atomic E-state index is 14.7. The number of nitrogen functional groups attached to an aromatic ring is 1. The second-order valence-corrected chi connectivity index (χ2v) is 7.00. The number of methoxy groups -OCH3 is 1. The predicted octanol–water partition coefficient (Wildman–Crippen LogP) is 3.09. The van der Waals surface area contributed by atoms with Gasteiger partial charge in [0.1, 0.15) is 18.7 Å². The molecule has 1 aromatic heterocycles. The number of fused-ring (bicyclic) bond motifs is 1. The van der Waals surface area contributed by atoms with E-state index in [-0.39, 0.29) is 5.84 Å². The first-order valence-electron chi connectivity index (χ1n) is 9.44. The quantitative estimate of drug-likeness (QED) is 0.427. The molecule has 8 nitrogen and oxygen atoms in total. The van der Waals surface area contributed by atoms with Gasteiger partial charge in [0.25, 0.3) is 0 Å². The summed E-state index contributed by atoms with van der Waals surface area (Å²) >= 11 is 0. The maximum Gasteiger partial charge on any atom is 0.204 e. The van der Waals surface area contributed by atoms with E-state index in [0.717, 1.165) is 11.4 Å². The van der Waals surface area contributed by atoms with Crippen molar-refractivity contribution in [1.82, 2.24) is 14.9 Å². The number of allylic oxidation sites excluding steroid dienone is 1. The van der Waals surface area contributed by atoms with Gasteiger partial charge >= 0.3 is 0 Å². The molecule has 0 bridgehead atoms. The van der Waals surface area contributed by atoms with E-state index < -0.39 is 11.6 Å². The van der Waals surface area contributed by atoms with E-state index in [0.29, 0.717) is 29.9 Å². The molecule has 2 aromatic carbocycles. The number of rotatable bonds is 6. The summed E-state index contributed by atoms with van der Waals surface area (Å²) in [4.78, 5) is 8.89. The SMILES string of the molecule is COCCOc1ccc(NC2(C)N=C(n3cnc4ccc(N)cc43)C(F)=CN2)cc1. The molecule has 0 spiro atoms. The second-order valence-electron chi connectivity index (χ2n) is 7.00. The van der Waals surface area contributed by atoms with Crippen molar-refractivity contribution in [3.8, 4) is 5.75 Å². The van der Waals surface area contributed by atoms with E-state index in [9.17, 15) is 4.39 Å². The standard InChI is InChI=1S/C21H23FN6O2/c1-21(26-15-4-6-16(7-5-15)30-10-9-29-2)25-12-17(22)20(27-21)28-13-24-18-8-3-14(23)11-19(18)28/h3-8,11-13,25-26H,9-10,23H2,1-2H3. The third kappa shape index (κ3) is 4.06. The summed E-state index contributed by atoms with van der Waals surface area (Å²) < 4.78 is 26.8. The number of aromatic nitrogens is 2. The van der Waals surface area contributed by atoms with Gasteiger partial charge in [-0.3, -0.25) is 4.57 Å². The van der Waals surface area contributed by atoms with Crippen LogP contribution in [0.3, 0.4) is 0 Å². The number of anilines is 2. The van der Waals surface area contributed by atoms with Crippen LogP contribution in [0.5, 0.6) is 5.75 Å². The third-order valence-corrected chi connectivity index (χ3v) is 4.62. The number of aliphatic imine (C=N–C) groups is 1. The van der Waals surface area contributed by atoms with Crippen LogP contribution in [0.25, 0.3) is 11.0 Å². The highest BCUT2D eigenvalue weighted by atomic mass is 19.1. The number of ether oxygens (including phenoxy) is 2. The number of hydrogen-bond donors (Lipinski definition) is 3. The number of halogens is 1. The molecule has 0 radical (unpaired) electrons. The molecular weight excluding hydrogens is 387 g/mol. The van der Waals surface area contributed by atoms with Crippen molar-refractivity contribution in [2.24, 2.45) is 4.99 Å². The van der Waals surface area contributed by atoms with Crippen LogP contribution in [-0.4, -0.2) is 41.5 Å². The van der Waals surface area contributed by atoms with E-state index in [4.69, 9.17) is 15.2 Å². The fourth-order valence-electron chi connectivity index (χ4n) is 3.15. The largest absolute Gasteiger partial charge is 0.491 e. The Labute approximate surface area is 173 Å². The third-order valence-electron chi connectivity index (χ3n) is 4.62. The van der Waals surface area contributed by atoms with Crippen molar-refractivity contribution in [2.45, 2.75) is 12.7 Å². The van der Waals surface area contributed by atoms with Crippen LogP contribution in [0.15, 0.2) is 65.8 Å². The predicted molar refractivity (Wildman–Crippen MR) is 115 cm³/mol. The topological polar surface area (TPSA) is 98.7 Å². The van der Waals surface area contributed by atoms with Crippen LogP contribution >= 0.6 is 0 Å². The molecule has 0 fully saturated rings. The van der Waals surface area contributed by atoms with Crippen molar-refractivity contribution < 1.29 is 13.9 Å². The van der Waals surface area contributed by atoms with Crippen LogP contribution < -0.4 is 21.1 Å². The Morgan fingerprint density at radius 3 is 2.77 bits per heavy atom. The molecule has 9 heteroatoms. The highest BCUT2D eigenvalue weighted by molar-refractivity contribution is 6.04. The van der Waals surface area contributed by atoms with E-state index in [1.54, 1.807) is 29.9 Å². The first-order chi connectivity index (χ1) is 14.5. The van der Waals surface area contributed by atoms with Gasteiger partial charge in [0.15, 0.2) is 11.7 Å². The lowest BCUT2D eigenvalue weighted by atomic mass is 10.2. The van der Waals surface area contributed by atoms with E-state index in [1.807, 2.05) is 31.2 Å². The zero-order valence-electron chi connectivity index (χ0n) is 16.7. The zero-order chi connectivity index (χ0) is 21.1. The lowest BCUT2D eigenvalue weighted by Gasteiger charge is -2.32. The monoisotopic (exact) mass is 410 g/mol. The average Bonchev–Trinajstić information content (AvgIpc) is 3.14. The molecule has 156 valence electrons. The Morgan fingerprint density at radius 2 is 2.00 bits per heavy atom. The van der Waals surface area contributed by atoms with Gasteiger partial charge < -0.3 is 25.8 Å². The maximum absolute atomic E-state index is 14.7. The van der Waals surface area contributed by atoms with Crippen LogP contribution in [0.2, 0.25) is 0 Å². The lowest BCUT2D eigenvalue weighted by molar-refractivity contribution is 0.146. The van der Waals surface area contributed by atoms with Crippen molar-refractivity contribution in [3.63, 3.8) is 0 Å². The molecule has 4 N–H and O–H groups in total. The molecule has 30 heavy (non-hydrogen) atoms. The molecule has 1 aliphatic rings. The molecule has 0 amide bonds. The minimum absolute atomic E-state index is 0.136. The summed E-state index contributed by atoms with van der Waals surface area (Å²) in [7, 11) is 1.63. The molecule has 1 unspecified atom stereocenters. The van der Waals surface area contributed by atoms with E-state index >= 15 is 0 Å². The van der Waals surface area contributed by atoms with Crippen molar-refractivity contribution in [3.05, 3.63) is 60.8 Å². The van der Waals surface area contributed by atoms with Crippen molar-refractivity contribution in [1.29, 1.82) is 0 Å². The summed E-state index contributed by atoms with van der Waals surface area (Å²) in [5.74, 6) is -0.605. The summed E-state index contributed by atoms with van der Waals surface area (Å²) in [6.45, 7) is 2.81. The van der Waals surface area contributed by atoms with Crippen LogP contribution in [0.1, 0.15) is 6.92 Å². The molecule has 1 aliphatic heterocycles. The summed E-state index contributed by atoms with van der Waals surface area (Å²) in [6, 6.07) is 12.7.